The SMILES string of the molecule is COCCNc1ncnc2sc3c(=O)n(-c4ccc(Cl)cc4)cnc3c12. The fourth-order valence-corrected chi connectivity index (χ4v) is 3.81. The number of rotatable bonds is 5. The number of nitrogens with zero attached hydrogens (tertiary/aromatic N) is 4. The second kappa shape index (κ2) is 6.99. The van der Waals surface area contributed by atoms with Crippen LogP contribution in [0.5, 0.6) is 0 Å². The highest BCUT2D eigenvalue weighted by Gasteiger charge is 2.16. The van der Waals surface area contributed by atoms with E-state index in [1.54, 1.807) is 31.4 Å². The molecule has 132 valence electrons. The molecular formula is C17H14ClN5O2S. The van der Waals surface area contributed by atoms with Gasteiger partial charge in [0.05, 0.1) is 17.7 Å². The van der Waals surface area contributed by atoms with Crippen LogP contribution in [-0.4, -0.2) is 39.8 Å². The molecule has 1 N–H and O–H groups in total. The smallest absolute Gasteiger partial charge is 0.275 e. The third-order valence-electron chi connectivity index (χ3n) is 3.88. The summed E-state index contributed by atoms with van der Waals surface area (Å²) in [6.07, 6.45) is 3.00. The van der Waals surface area contributed by atoms with Gasteiger partial charge in [-0.25, -0.2) is 15.0 Å². The second-order valence-corrected chi connectivity index (χ2v) is 6.93. The highest BCUT2D eigenvalue weighted by atomic mass is 35.5. The van der Waals surface area contributed by atoms with Gasteiger partial charge in [-0.3, -0.25) is 9.36 Å². The molecular weight excluding hydrogens is 374 g/mol. The van der Waals surface area contributed by atoms with Crippen molar-refractivity contribution in [2.45, 2.75) is 0 Å². The minimum Gasteiger partial charge on any atom is -0.383 e. The molecule has 0 fully saturated rings. The van der Waals surface area contributed by atoms with Gasteiger partial charge < -0.3 is 10.1 Å². The van der Waals surface area contributed by atoms with Crippen molar-refractivity contribution < 1.29 is 4.74 Å². The summed E-state index contributed by atoms with van der Waals surface area (Å²) in [5, 5.41) is 4.57. The Hall–Kier alpha value is -2.55. The molecule has 4 rings (SSSR count). The summed E-state index contributed by atoms with van der Waals surface area (Å²) in [4.78, 5) is 26.8. The Morgan fingerprint density at radius 3 is 2.81 bits per heavy atom. The third-order valence-corrected chi connectivity index (χ3v) is 5.21. The molecule has 0 radical (unpaired) electrons. The largest absolute Gasteiger partial charge is 0.383 e. The number of nitrogens with one attached hydrogen (secondary N) is 1. The van der Waals surface area contributed by atoms with Crippen LogP contribution < -0.4 is 10.9 Å². The van der Waals surface area contributed by atoms with Crippen LogP contribution in [0.2, 0.25) is 5.02 Å². The van der Waals surface area contributed by atoms with Gasteiger partial charge in [0.15, 0.2) is 0 Å². The lowest BCUT2D eigenvalue weighted by atomic mass is 10.3. The van der Waals surface area contributed by atoms with Crippen LogP contribution in [0.4, 0.5) is 5.82 Å². The fourth-order valence-electron chi connectivity index (χ4n) is 2.66. The number of anilines is 1. The van der Waals surface area contributed by atoms with E-state index in [2.05, 4.69) is 20.3 Å². The Kier molecular flexibility index (Phi) is 4.54. The van der Waals surface area contributed by atoms with E-state index in [0.717, 1.165) is 5.39 Å². The molecule has 0 saturated heterocycles. The van der Waals surface area contributed by atoms with Crippen LogP contribution in [0.25, 0.3) is 26.1 Å². The van der Waals surface area contributed by atoms with Crippen LogP contribution >= 0.6 is 22.9 Å². The van der Waals surface area contributed by atoms with E-state index in [-0.39, 0.29) is 5.56 Å². The molecule has 0 aliphatic heterocycles. The highest BCUT2D eigenvalue weighted by molar-refractivity contribution is 7.25. The van der Waals surface area contributed by atoms with E-state index in [1.165, 1.54) is 28.6 Å². The molecule has 0 saturated carbocycles. The van der Waals surface area contributed by atoms with Gasteiger partial charge in [-0.05, 0) is 24.3 Å². The fraction of sp³-hybridized carbons (Fsp3) is 0.176. The Bertz CT molecular complexity index is 1140. The van der Waals surface area contributed by atoms with Crippen molar-refractivity contribution in [1.82, 2.24) is 19.5 Å². The normalized spacial score (nSPS) is 11.3. The molecule has 0 atom stereocenters. The van der Waals surface area contributed by atoms with Crippen LogP contribution in [0.3, 0.4) is 0 Å². The zero-order chi connectivity index (χ0) is 18.1. The number of thiophene rings is 1. The summed E-state index contributed by atoms with van der Waals surface area (Å²) in [6, 6.07) is 7.04. The average Bonchev–Trinajstić information content (AvgIpc) is 3.04. The quantitative estimate of drug-likeness (QED) is 0.530. The van der Waals surface area contributed by atoms with Crippen molar-refractivity contribution in [3.05, 3.63) is 52.3 Å². The summed E-state index contributed by atoms with van der Waals surface area (Å²) >= 11 is 7.23. The lowest BCUT2D eigenvalue weighted by Crippen LogP contribution is -2.17. The molecule has 1 aromatic carbocycles. The summed E-state index contributed by atoms with van der Waals surface area (Å²) < 4.78 is 7.09. The summed E-state index contributed by atoms with van der Waals surface area (Å²) in [5.41, 5.74) is 1.15. The van der Waals surface area contributed by atoms with Crippen LogP contribution in [0.1, 0.15) is 0 Å². The molecule has 3 aromatic heterocycles. The van der Waals surface area contributed by atoms with Crippen LogP contribution in [-0.2, 0) is 4.74 Å². The minimum absolute atomic E-state index is 0.150. The zero-order valence-corrected chi connectivity index (χ0v) is 15.3. The van der Waals surface area contributed by atoms with Gasteiger partial charge in [0, 0.05) is 18.7 Å². The Labute approximate surface area is 157 Å². The Morgan fingerprint density at radius 1 is 1.23 bits per heavy atom. The number of methoxy groups -OCH3 is 1. The van der Waals surface area contributed by atoms with E-state index in [0.29, 0.717) is 44.7 Å². The number of ether oxygens (including phenoxy) is 1. The van der Waals surface area contributed by atoms with Crippen molar-refractivity contribution >= 4 is 49.2 Å². The maximum absolute atomic E-state index is 13.0. The van der Waals surface area contributed by atoms with E-state index >= 15 is 0 Å². The van der Waals surface area contributed by atoms with Crippen molar-refractivity contribution in [2.75, 3.05) is 25.6 Å². The Balaban J connectivity index is 1.88. The molecule has 7 nitrogen and oxygen atoms in total. The van der Waals surface area contributed by atoms with E-state index < -0.39 is 0 Å². The predicted molar refractivity (Wildman–Crippen MR) is 104 cm³/mol. The molecule has 0 spiro atoms. The molecule has 3 heterocycles. The molecule has 0 bridgehead atoms. The molecule has 26 heavy (non-hydrogen) atoms. The molecule has 0 aliphatic carbocycles. The zero-order valence-electron chi connectivity index (χ0n) is 13.8. The number of benzene rings is 1. The maximum atomic E-state index is 13.0. The minimum atomic E-state index is -0.150. The average molecular weight is 388 g/mol. The molecule has 0 unspecified atom stereocenters. The van der Waals surface area contributed by atoms with Crippen LogP contribution in [0.15, 0.2) is 41.7 Å². The summed E-state index contributed by atoms with van der Waals surface area (Å²) in [5.74, 6) is 0.648. The molecule has 0 amide bonds. The van der Waals surface area contributed by atoms with E-state index in [9.17, 15) is 4.79 Å². The standard InChI is InChI=1S/C17H14ClN5O2S/c1-25-7-6-19-15-12-13-14(26-16(12)21-8-20-15)17(24)23(9-22-13)11-4-2-10(18)3-5-11/h2-5,8-9H,6-7H2,1H3,(H,19,20,21). The Morgan fingerprint density at radius 2 is 2.04 bits per heavy atom. The molecule has 0 aliphatic rings. The molecule has 4 aromatic rings. The number of fused-ring (bicyclic) bond motifs is 3. The number of aromatic nitrogens is 4. The second-order valence-electron chi connectivity index (χ2n) is 5.50. The first-order valence-corrected chi connectivity index (χ1v) is 9.02. The summed E-state index contributed by atoms with van der Waals surface area (Å²) in [6.45, 7) is 1.15. The van der Waals surface area contributed by atoms with Gasteiger partial charge in [0.1, 0.15) is 33.5 Å². The van der Waals surface area contributed by atoms with Crippen molar-refractivity contribution in [3.8, 4) is 5.69 Å². The lowest BCUT2D eigenvalue weighted by molar-refractivity contribution is 0.210. The number of hydrogen-bond acceptors (Lipinski definition) is 7. The van der Waals surface area contributed by atoms with Gasteiger partial charge in [-0.15, -0.1) is 11.3 Å². The van der Waals surface area contributed by atoms with E-state index in [1.807, 2.05) is 0 Å². The van der Waals surface area contributed by atoms with Crippen molar-refractivity contribution in [2.24, 2.45) is 0 Å². The first-order chi connectivity index (χ1) is 12.7. The van der Waals surface area contributed by atoms with Gasteiger partial charge in [-0.2, -0.15) is 0 Å². The number of hydrogen-bond donors (Lipinski definition) is 1. The van der Waals surface area contributed by atoms with Gasteiger partial charge in [0.25, 0.3) is 5.56 Å². The van der Waals surface area contributed by atoms with E-state index in [4.69, 9.17) is 16.3 Å². The van der Waals surface area contributed by atoms with Gasteiger partial charge in [0.2, 0.25) is 0 Å². The molecule has 9 heteroatoms. The first kappa shape index (κ1) is 16.9. The van der Waals surface area contributed by atoms with Crippen molar-refractivity contribution in [3.63, 3.8) is 0 Å². The van der Waals surface area contributed by atoms with Crippen LogP contribution in [0, 0.1) is 0 Å². The van der Waals surface area contributed by atoms with Crippen molar-refractivity contribution in [1.29, 1.82) is 0 Å². The number of halogens is 1. The maximum Gasteiger partial charge on any atom is 0.275 e. The lowest BCUT2D eigenvalue weighted by Gasteiger charge is -2.06. The first-order valence-electron chi connectivity index (χ1n) is 7.82. The highest BCUT2D eigenvalue weighted by Crippen LogP contribution is 2.32. The monoisotopic (exact) mass is 387 g/mol. The third kappa shape index (κ3) is 2.92. The topological polar surface area (TPSA) is 81.9 Å². The van der Waals surface area contributed by atoms with Gasteiger partial charge >= 0.3 is 0 Å². The van der Waals surface area contributed by atoms with Gasteiger partial charge in [-0.1, -0.05) is 11.6 Å². The predicted octanol–water partition coefficient (Wildman–Crippen LogP) is 3.10. The summed E-state index contributed by atoms with van der Waals surface area (Å²) in [7, 11) is 1.64.